The van der Waals surface area contributed by atoms with E-state index in [1.54, 1.807) is 57.2 Å². The smallest absolute Gasteiger partial charge is 0.349 e. The molecule has 0 aliphatic rings. The normalized spacial score (nSPS) is 13.5. The number of esters is 1. The lowest BCUT2D eigenvalue weighted by molar-refractivity contribution is -0.158. The van der Waals surface area contributed by atoms with Crippen LogP contribution in [0.1, 0.15) is 44.9 Å². The number of phenols is 1. The van der Waals surface area contributed by atoms with Gasteiger partial charge in [0, 0.05) is 6.04 Å². The Morgan fingerprint density at radius 2 is 1.87 bits per heavy atom. The van der Waals surface area contributed by atoms with E-state index in [0.717, 1.165) is 11.1 Å². The summed E-state index contributed by atoms with van der Waals surface area (Å²) in [6, 6.07) is 11.8. The maximum atomic E-state index is 12.0. The van der Waals surface area contributed by atoms with Gasteiger partial charge in [-0.05, 0) is 76.1 Å². The first-order valence-electron chi connectivity index (χ1n) is 9.99. The van der Waals surface area contributed by atoms with Crippen LogP contribution in [0.4, 0.5) is 0 Å². The summed E-state index contributed by atoms with van der Waals surface area (Å²) in [5.74, 6) is 0.138. The van der Waals surface area contributed by atoms with Gasteiger partial charge in [-0.15, -0.1) is 0 Å². The molecule has 2 aromatic rings. The van der Waals surface area contributed by atoms with Gasteiger partial charge in [0.2, 0.25) is 0 Å². The Morgan fingerprint density at radius 3 is 2.47 bits per heavy atom. The first kappa shape index (κ1) is 24.0. The van der Waals surface area contributed by atoms with E-state index in [1.807, 2.05) is 13.0 Å². The molecule has 0 heterocycles. The van der Waals surface area contributed by atoms with Crippen LogP contribution in [0.5, 0.6) is 11.5 Å². The monoisotopic (exact) mass is 435 g/mol. The number of nitrogens with one attached hydrogen (secondary N) is 1. The van der Waals surface area contributed by atoms with Crippen molar-refractivity contribution in [3.05, 3.63) is 58.6 Å². The predicted octanol–water partition coefficient (Wildman–Crippen LogP) is 4.02. The van der Waals surface area contributed by atoms with Crippen LogP contribution in [0.25, 0.3) is 0 Å². The molecule has 0 bridgehead atoms. The van der Waals surface area contributed by atoms with E-state index in [-0.39, 0.29) is 18.4 Å². The van der Waals surface area contributed by atoms with Gasteiger partial charge in [-0.3, -0.25) is 0 Å². The van der Waals surface area contributed by atoms with E-state index >= 15 is 0 Å². The molecule has 0 aliphatic carbocycles. The van der Waals surface area contributed by atoms with Crippen molar-refractivity contribution in [2.75, 3.05) is 13.2 Å². The third kappa shape index (κ3) is 6.62. The van der Waals surface area contributed by atoms with Crippen LogP contribution in [-0.4, -0.2) is 41.0 Å². The van der Waals surface area contributed by atoms with Crippen molar-refractivity contribution in [3.63, 3.8) is 0 Å². The van der Waals surface area contributed by atoms with Crippen LogP contribution in [0.2, 0.25) is 5.02 Å². The van der Waals surface area contributed by atoms with Crippen molar-refractivity contribution >= 4 is 17.6 Å². The van der Waals surface area contributed by atoms with Crippen LogP contribution < -0.4 is 10.1 Å². The Morgan fingerprint density at radius 1 is 1.20 bits per heavy atom. The number of carbonyl (C=O) groups is 1. The van der Waals surface area contributed by atoms with Crippen LogP contribution in [0.15, 0.2) is 42.5 Å². The lowest BCUT2D eigenvalue weighted by atomic mass is 10.0. The zero-order chi connectivity index (χ0) is 22.3. The van der Waals surface area contributed by atoms with Crippen LogP contribution in [0, 0.1) is 0 Å². The van der Waals surface area contributed by atoms with Gasteiger partial charge in [-0.1, -0.05) is 29.8 Å². The number of hydrogen-bond donors (Lipinski definition) is 3. The molecule has 0 saturated carbocycles. The molecular formula is C23H30ClNO5. The summed E-state index contributed by atoms with van der Waals surface area (Å²) in [4.78, 5) is 12.0. The van der Waals surface area contributed by atoms with Crippen molar-refractivity contribution in [2.24, 2.45) is 0 Å². The lowest BCUT2D eigenvalue weighted by Crippen LogP contribution is -2.39. The van der Waals surface area contributed by atoms with Crippen LogP contribution in [-0.2, 0) is 16.0 Å². The molecule has 0 aromatic heterocycles. The van der Waals surface area contributed by atoms with Gasteiger partial charge in [0.15, 0.2) is 5.60 Å². The van der Waals surface area contributed by atoms with Gasteiger partial charge >= 0.3 is 5.97 Å². The summed E-state index contributed by atoms with van der Waals surface area (Å²) in [5, 5.41) is 23.5. The summed E-state index contributed by atoms with van der Waals surface area (Å²) in [7, 11) is 0. The first-order chi connectivity index (χ1) is 14.1. The maximum Gasteiger partial charge on any atom is 0.349 e. The van der Waals surface area contributed by atoms with Gasteiger partial charge in [0.1, 0.15) is 11.5 Å². The number of ether oxygens (including phenoxy) is 2. The minimum Gasteiger partial charge on any atom is -0.508 e. The van der Waals surface area contributed by atoms with Crippen molar-refractivity contribution < 1.29 is 24.5 Å². The number of carbonyl (C=O) groups excluding carboxylic acids is 1. The van der Waals surface area contributed by atoms with Crippen LogP contribution >= 0.6 is 11.6 Å². The highest BCUT2D eigenvalue weighted by atomic mass is 35.5. The van der Waals surface area contributed by atoms with Gasteiger partial charge < -0.3 is 25.0 Å². The molecule has 2 rings (SSSR count). The maximum absolute atomic E-state index is 12.0. The zero-order valence-electron chi connectivity index (χ0n) is 17.8. The molecule has 6 nitrogen and oxygen atoms in total. The summed E-state index contributed by atoms with van der Waals surface area (Å²) in [6.07, 6.45) is 0.0172. The van der Waals surface area contributed by atoms with Gasteiger partial charge in [0.05, 0.1) is 17.7 Å². The number of aliphatic hydroxyl groups excluding tert-OH is 1. The third-order valence-electron chi connectivity index (χ3n) is 4.72. The highest BCUT2D eigenvalue weighted by Gasteiger charge is 2.32. The van der Waals surface area contributed by atoms with Crippen molar-refractivity contribution in [1.82, 2.24) is 5.32 Å². The Labute approximate surface area is 182 Å². The molecule has 0 unspecified atom stereocenters. The molecule has 0 amide bonds. The number of rotatable bonds is 10. The minimum atomic E-state index is -1.14. The second kappa shape index (κ2) is 10.7. The zero-order valence-corrected chi connectivity index (χ0v) is 18.6. The van der Waals surface area contributed by atoms with Crippen molar-refractivity contribution in [1.29, 1.82) is 0 Å². The molecular weight excluding hydrogens is 406 g/mol. The number of hydrogen-bond acceptors (Lipinski definition) is 6. The summed E-state index contributed by atoms with van der Waals surface area (Å²) in [5.41, 5.74) is 0.601. The average Bonchev–Trinajstić information content (AvgIpc) is 2.70. The number of phenolic OH excluding ortho intramolecular Hbond substituents is 1. The standard InChI is InChI=1S/C23H30ClNO5/c1-5-29-22(28)23(3,4)30-20-11-6-16(14-19(20)24)12-13-25-15(2)21(27)17-7-9-18(26)10-8-17/h6-11,14-15,21,25-27H,5,12-13H2,1-4H3/t15-,21-/m0/s1. The van der Waals surface area contributed by atoms with Gasteiger partial charge in [0.25, 0.3) is 0 Å². The molecule has 2 atom stereocenters. The number of aliphatic hydroxyl groups is 1. The fourth-order valence-electron chi connectivity index (χ4n) is 2.92. The third-order valence-corrected chi connectivity index (χ3v) is 5.01. The fourth-order valence-corrected chi connectivity index (χ4v) is 3.16. The summed E-state index contributed by atoms with van der Waals surface area (Å²) >= 11 is 6.34. The molecule has 7 heteroatoms. The van der Waals surface area contributed by atoms with Gasteiger partial charge in [-0.25, -0.2) is 4.79 Å². The average molecular weight is 436 g/mol. The molecule has 0 fully saturated rings. The number of benzene rings is 2. The van der Waals surface area contributed by atoms with Crippen molar-refractivity contribution in [2.45, 2.75) is 51.9 Å². The van der Waals surface area contributed by atoms with Crippen LogP contribution in [0.3, 0.4) is 0 Å². The second-order valence-corrected chi connectivity index (χ2v) is 8.03. The molecule has 3 N–H and O–H groups in total. The number of aromatic hydroxyl groups is 1. The predicted molar refractivity (Wildman–Crippen MR) is 117 cm³/mol. The van der Waals surface area contributed by atoms with E-state index in [9.17, 15) is 15.0 Å². The topological polar surface area (TPSA) is 88.0 Å². The molecule has 2 aromatic carbocycles. The molecule has 0 saturated heterocycles. The fraction of sp³-hybridized carbons (Fsp3) is 0.435. The van der Waals surface area contributed by atoms with E-state index in [4.69, 9.17) is 21.1 Å². The molecule has 0 radical (unpaired) electrons. The van der Waals surface area contributed by atoms with E-state index in [0.29, 0.717) is 23.7 Å². The molecule has 164 valence electrons. The van der Waals surface area contributed by atoms with Gasteiger partial charge in [-0.2, -0.15) is 0 Å². The lowest BCUT2D eigenvalue weighted by Gasteiger charge is -2.25. The number of halogens is 1. The quantitative estimate of drug-likeness (QED) is 0.488. The first-order valence-corrected chi connectivity index (χ1v) is 10.4. The van der Waals surface area contributed by atoms with E-state index in [2.05, 4.69) is 5.32 Å². The Bertz CT molecular complexity index is 838. The second-order valence-electron chi connectivity index (χ2n) is 7.63. The Hall–Kier alpha value is -2.28. The largest absolute Gasteiger partial charge is 0.508 e. The Kier molecular flexibility index (Phi) is 8.53. The van der Waals surface area contributed by atoms with E-state index < -0.39 is 17.7 Å². The molecule has 0 spiro atoms. The highest BCUT2D eigenvalue weighted by molar-refractivity contribution is 6.32. The highest BCUT2D eigenvalue weighted by Crippen LogP contribution is 2.29. The summed E-state index contributed by atoms with van der Waals surface area (Å²) in [6.45, 7) is 7.85. The van der Waals surface area contributed by atoms with E-state index in [1.165, 1.54) is 0 Å². The SMILES string of the molecule is CCOC(=O)C(C)(C)Oc1ccc(CCN[C@@H](C)[C@H](O)c2ccc(O)cc2)cc1Cl. The summed E-state index contributed by atoms with van der Waals surface area (Å²) < 4.78 is 10.8. The molecule has 0 aliphatic heterocycles. The molecule has 30 heavy (non-hydrogen) atoms. The van der Waals surface area contributed by atoms with Crippen molar-refractivity contribution in [3.8, 4) is 11.5 Å². The minimum absolute atomic E-state index is 0.168. The Balaban J connectivity index is 1.90.